The molecule has 2 rings (SSSR count). The molecule has 1 aromatic heterocycles. The number of carbonyl (C=O) groups excluding carboxylic acids is 1. The van der Waals surface area contributed by atoms with Gasteiger partial charge in [0, 0.05) is 6.54 Å². The highest BCUT2D eigenvalue weighted by Gasteiger charge is 2.33. The first-order chi connectivity index (χ1) is 8.48. The van der Waals surface area contributed by atoms with Crippen LogP contribution >= 0.6 is 0 Å². The Hall–Kier alpha value is -1.29. The number of aryl methyl sites for hydroxylation is 1. The first-order valence-corrected chi connectivity index (χ1v) is 6.55. The van der Waals surface area contributed by atoms with Gasteiger partial charge < -0.3 is 14.8 Å². The fourth-order valence-corrected chi connectivity index (χ4v) is 2.68. The number of amides is 1. The van der Waals surface area contributed by atoms with Crippen LogP contribution in [0.1, 0.15) is 48.9 Å². The molecule has 1 aliphatic rings. The molecule has 0 saturated heterocycles. The van der Waals surface area contributed by atoms with E-state index in [9.17, 15) is 9.90 Å². The number of nitrogens with one attached hydrogen (secondary N) is 1. The molecule has 1 aliphatic carbocycles. The SMILES string of the molecule is Cc1ccc(C(=O)NCC2(O)CCCC(C)C2)o1. The predicted octanol–water partition coefficient (Wildman–Crippen LogP) is 2.26. The average Bonchev–Trinajstić information content (AvgIpc) is 2.73. The Morgan fingerprint density at radius 3 is 3.00 bits per heavy atom. The smallest absolute Gasteiger partial charge is 0.287 e. The third-order valence-electron chi connectivity index (χ3n) is 3.61. The number of furan rings is 1. The molecule has 1 amide bonds. The van der Waals surface area contributed by atoms with E-state index < -0.39 is 5.60 Å². The molecule has 0 aromatic carbocycles. The van der Waals surface area contributed by atoms with Crippen LogP contribution in [-0.2, 0) is 0 Å². The lowest BCUT2D eigenvalue weighted by atomic mass is 9.79. The summed E-state index contributed by atoms with van der Waals surface area (Å²) < 4.78 is 5.25. The van der Waals surface area contributed by atoms with Crippen LogP contribution in [0.5, 0.6) is 0 Å². The Morgan fingerprint density at radius 2 is 2.39 bits per heavy atom. The summed E-state index contributed by atoms with van der Waals surface area (Å²) in [6, 6.07) is 3.41. The standard InChI is InChI=1S/C14H21NO3/c1-10-4-3-7-14(17,8-10)9-15-13(16)12-6-5-11(2)18-12/h5-6,10,17H,3-4,7-9H2,1-2H3,(H,15,16). The van der Waals surface area contributed by atoms with Crippen LogP contribution < -0.4 is 5.32 Å². The third-order valence-corrected chi connectivity index (χ3v) is 3.61. The van der Waals surface area contributed by atoms with Crippen molar-refractivity contribution in [2.45, 2.75) is 45.1 Å². The van der Waals surface area contributed by atoms with E-state index in [2.05, 4.69) is 12.2 Å². The zero-order valence-electron chi connectivity index (χ0n) is 11.0. The van der Waals surface area contributed by atoms with Gasteiger partial charge in [-0.05, 0) is 37.8 Å². The molecule has 100 valence electrons. The number of aliphatic hydroxyl groups is 1. The van der Waals surface area contributed by atoms with Gasteiger partial charge in [-0.1, -0.05) is 19.8 Å². The number of carbonyl (C=O) groups is 1. The van der Waals surface area contributed by atoms with Crippen LogP contribution in [-0.4, -0.2) is 23.2 Å². The van der Waals surface area contributed by atoms with Crippen molar-refractivity contribution in [2.75, 3.05) is 6.54 Å². The molecule has 0 bridgehead atoms. The average molecular weight is 251 g/mol. The third kappa shape index (κ3) is 3.13. The van der Waals surface area contributed by atoms with Gasteiger partial charge in [0.1, 0.15) is 5.76 Å². The minimum absolute atomic E-state index is 0.255. The van der Waals surface area contributed by atoms with E-state index in [0.29, 0.717) is 24.0 Å². The van der Waals surface area contributed by atoms with Gasteiger partial charge >= 0.3 is 0 Å². The van der Waals surface area contributed by atoms with E-state index in [1.54, 1.807) is 19.1 Å². The summed E-state index contributed by atoms with van der Waals surface area (Å²) in [6.07, 6.45) is 3.69. The van der Waals surface area contributed by atoms with Crippen molar-refractivity contribution >= 4 is 5.91 Å². The molecule has 2 atom stereocenters. The van der Waals surface area contributed by atoms with Crippen LogP contribution in [0.15, 0.2) is 16.5 Å². The highest BCUT2D eigenvalue weighted by atomic mass is 16.3. The van der Waals surface area contributed by atoms with Crippen LogP contribution in [0.4, 0.5) is 0 Å². The monoisotopic (exact) mass is 251 g/mol. The zero-order chi connectivity index (χ0) is 13.2. The predicted molar refractivity (Wildman–Crippen MR) is 68.4 cm³/mol. The summed E-state index contributed by atoms with van der Waals surface area (Å²) >= 11 is 0. The maximum absolute atomic E-state index is 11.8. The van der Waals surface area contributed by atoms with Gasteiger partial charge in [0.2, 0.25) is 0 Å². The molecule has 1 heterocycles. The Bertz CT molecular complexity index is 426. The van der Waals surface area contributed by atoms with Crippen LogP contribution in [0.25, 0.3) is 0 Å². The number of hydrogen-bond acceptors (Lipinski definition) is 3. The van der Waals surface area contributed by atoms with Crippen molar-refractivity contribution in [1.82, 2.24) is 5.32 Å². The number of hydrogen-bond donors (Lipinski definition) is 2. The molecule has 0 spiro atoms. The molecular weight excluding hydrogens is 230 g/mol. The first-order valence-electron chi connectivity index (χ1n) is 6.55. The second-order valence-corrected chi connectivity index (χ2v) is 5.52. The summed E-state index contributed by atoms with van der Waals surface area (Å²) in [5, 5.41) is 13.2. The minimum atomic E-state index is -0.755. The molecule has 2 N–H and O–H groups in total. The second-order valence-electron chi connectivity index (χ2n) is 5.52. The maximum atomic E-state index is 11.8. The highest BCUT2D eigenvalue weighted by molar-refractivity contribution is 5.91. The van der Waals surface area contributed by atoms with Gasteiger partial charge in [-0.3, -0.25) is 4.79 Å². The Balaban J connectivity index is 1.89. The maximum Gasteiger partial charge on any atom is 0.287 e. The summed E-state index contributed by atoms with van der Waals surface area (Å²) in [6.45, 7) is 4.24. The van der Waals surface area contributed by atoms with Crippen molar-refractivity contribution in [3.8, 4) is 0 Å². The van der Waals surface area contributed by atoms with Crippen molar-refractivity contribution in [2.24, 2.45) is 5.92 Å². The molecule has 2 unspecified atom stereocenters. The molecule has 4 nitrogen and oxygen atoms in total. The van der Waals surface area contributed by atoms with Gasteiger partial charge in [-0.25, -0.2) is 0 Å². The Kier molecular flexibility index (Phi) is 3.76. The van der Waals surface area contributed by atoms with Crippen molar-refractivity contribution in [3.63, 3.8) is 0 Å². The van der Waals surface area contributed by atoms with Gasteiger partial charge in [0.25, 0.3) is 5.91 Å². The van der Waals surface area contributed by atoms with Gasteiger partial charge in [-0.15, -0.1) is 0 Å². The van der Waals surface area contributed by atoms with E-state index in [1.165, 1.54) is 0 Å². The van der Waals surface area contributed by atoms with Crippen LogP contribution in [0.2, 0.25) is 0 Å². The Labute approximate surface area is 107 Å². The molecular formula is C14H21NO3. The summed E-state index contributed by atoms with van der Waals surface area (Å²) in [5.74, 6) is 1.28. The summed E-state index contributed by atoms with van der Waals surface area (Å²) in [4.78, 5) is 11.8. The van der Waals surface area contributed by atoms with E-state index in [1.807, 2.05) is 0 Å². The van der Waals surface area contributed by atoms with E-state index >= 15 is 0 Å². The van der Waals surface area contributed by atoms with Gasteiger partial charge in [0.05, 0.1) is 5.60 Å². The molecule has 1 fully saturated rings. The lowest BCUT2D eigenvalue weighted by Crippen LogP contribution is -2.45. The lowest BCUT2D eigenvalue weighted by Gasteiger charge is -2.35. The van der Waals surface area contributed by atoms with Crippen LogP contribution in [0.3, 0.4) is 0 Å². The minimum Gasteiger partial charge on any atom is -0.456 e. The molecule has 0 radical (unpaired) electrons. The first kappa shape index (κ1) is 13.1. The fraction of sp³-hybridized carbons (Fsp3) is 0.643. The normalized spacial score (nSPS) is 28.1. The van der Waals surface area contributed by atoms with Gasteiger partial charge in [-0.2, -0.15) is 0 Å². The zero-order valence-corrected chi connectivity index (χ0v) is 11.0. The van der Waals surface area contributed by atoms with Gasteiger partial charge in [0.15, 0.2) is 5.76 Å². The topological polar surface area (TPSA) is 62.5 Å². The quantitative estimate of drug-likeness (QED) is 0.866. The van der Waals surface area contributed by atoms with Crippen molar-refractivity contribution < 1.29 is 14.3 Å². The van der Waals surface area contributed by atoms with E-state index in [-0.39, 0.29) is 5.91 Å². The lowest BCUT2D eigenvalue weighted by molar-refractivity contribution is -0.0111. The second kappa shape index (κ2) is 5.14. The molecule has 1 aromatic rings. The molecule has 18 heavy (non-hydrogen) atoms. The van der Waals surface area contributed by atoms with Crippen LogP contribution in [0, 0.1) is 12.8 Å². The largest absolute Gasteiger partial charge is 0.456 e. The molecule has 0 aliphatic heterocycles. The molecule has 1 saturated carbocycles. The highest BCUT2D eigenvalue weighted by Crippen LogP contribution is 2.31. The number of rotatable bonds is 3. The summed E-state index contributed by atoms with van der Waals surface area (Å²) in [5.41, 5.74) is -0.755. The fourth-order valence-electron chi connectivity index (χ4n) is 2.68. The molecule has 4 heteroatoms. The van der Waals surface area contributed by atoms with E-state index in [0.717, 1.165) is 25.7 Å². The van der Waals surface area contributed by atoms with E-state index in [4.69, 9.17) is 4.42 Å². The van der Waals surface area contributed by atoms with Crippen molar-refractivity contribution in [3.05, 3.63) is 23.7 Å². The summed E-state index contributed by atoms with van der Waals surface area (Å²) in [7, 11) is 0. The Morgan fingerprint density at radius 1 is 1.61 bits per heavy atom. The van der Waals surface area contributed by atoms with Crippen molar-refractivity contribution in [1.29, 1.82) is 0 Å².